The predicted octanol–water partition coefficient (Wildman–Crippen LogP) is 8.48. The molecule has 4 aromatic carbocycles. The Morgan fingerprint density at radius 1 is 0.702 bits per heavy atom. The zero-order chi connectivity index (χ0) is 41.4. The van der Waals surface area contributed by atoms with Crippen LogP contribution < -0.4 is 20.9 Å². The second kappa shape index (κ2) is 19.0. The summed E-state index contributed by atoms with van der Waals surface area (Å²) in [5, 5.41) is 14.8. The first-order chi connectivity index (χ1) is 27.2. The normalized spacial score (nSPS) is 11.9. The number of amides is 2. The minimum absolute atomic E-state index is 0.0482. The molecule has 11 nitrogen and oxygen atoms in total. The fourth-order valence-corrected chi connectivity index (χ4v) is 6.85. The van der Waals surface area contributed by atoms with Gasteiger partial charge in [-0.2, -0.15) is 0 Å². The Balaban J connectivity index is 0.000000219. The SMILES string of the molecule is CCOC(=O)C(Oc1ccc(F)c(C(N)=O)c1F)c1nc(-c2ccc(Cl)cc2)cs1.NC(=O)c1c(F)ccc(OC(CO)c2nc(-c3ccc(Cl)cc3)cs2)c1F. The molecule has 2 atom stereocenters. The number of nitrogens with two attached hydrogens (primary N) is 2. The van der Waals surface area contributed by atoms with Crippen LogP contribution in [0.25, 0.3) is 22.5 Å². The molecule has 6 aromatic rings. The lowest BCUT2D eigenvalue weighted by Crippen LogP contribution is -2.23. The highest BCUT2D eigenvalue weighted by Crippen LogP contribution is 2.34. The zero-order valence-corrected chi connectivity index (χ0v) is 32.3. The van der Waals surface area contributed by atoms with Gasteiger partial charge < -0.3 is 30.8 Å². The summed E-state index contributed by atoms with van der Waals surface area (Å²) in [6.07, 6.45) is -2.44. The molecule has 0 aliphatic rings. The molecular formula is C38H28Cl2F4N4O7S2. The van der Waals surface area contributed by atoms with E-state index in [1.165, 1.54) is 11.3 Å². The predicted molar refractivity (Wildman–Crippen MR) is 205 cm³/mol. The van der Waals surface area contributed by atoms with Gasteiger partial charge in [0, 0.05) is 31.9 Å². The Hall–Kier alpha value is -5.59. The van der Waals surface area contributed by atoms with E-state index in [9.17, 15) is 37.1 Å². The van der Waals surface area contributed by atoms with Gasteiger partial charge >= 0.3 is 5.97 Å². The fourth-order valence-electron chi connectivity index (χ4n) is 4.91. The Kier molecular flexibility index (Phi) is 14.2. The van der Waals surface area contributed by atoms with Gasteiger partial charge in [-0.3, -0.25) is 9.59 Å². The average molecular weight is 864 g/mol. The van der Waals surface area contributed by atoms with E-state index >= 15 is 0 Å². The van der Waals surface area contributed by atoms with Gasteiger partial charge in [-0.1, -0.05) is 47.5 Å². The lowest BCUT2D eigenvalue weighted by Gasteiger charge is -2.17. The summed E-state index contributed by atoms with van der Waals surface area (Å²) < 4.78 is 72.1. The quantitative estimate of drug-likeness (QED) is 0.0759. The van der Waals surface area contributed by atoms with Gasteiger partial charge in [-0.05, 0) is 55.5 Å². The molecule has 296 valence electrons. The number of carbonyl (C=O) groups is 3. The summed E-state index contributed by atoms with van der Waals surface area (Å²) in [5.41, 5.74) is 10.9. The van der Waals surface area contributed by atoms with E-state index < -0.39 is 82.5 Å². The smallest absolute Gasteiger partial charge is 0.354 e. The summed E-state index contributed by atoms with van der Waals surface area (Å²) in [4.78, 5) is 43.8. The van der Waals surface area contributed by atoms with E-state index in [0.29, 0.717) is 26.4 Å². The van der Waals surface area contributed by atoms with Gasteiger partial charge in [0.1, 0.15) is 32.8 Å². The molecule has 19 heteroatoms. The van der Waals surface area contributed by atoms with Crippen molar-refractivity contribution in [3.05, 3.63) is 138 Å². The first-order valence-electron chi connectivity index (χ1n) is 16.3. The first kappa shape index (κ1) is 42.6. The molecule has 0 aliphatic carbocycles. The van der Waals surface area contributed by atoms with Crippen LogP contribution in [0.2, 0.25) is 10.0 Å². The average Bonchev–Trinajstić information content (AvgIpc) is 3.86. The number of hydrogen-bond acceptors (Lipinski definition) is 11. The third-order valence-electron chi connectivity index (χ3n) is 7.61. The zero-order valence-electron chi connectivity index (χ0n) is 29.2. The first-order valence-corrected chi connectivity index (χ1v) is 18.8. The number of thiazole rings is 2. The number of hydrogen-bond donors (Lipinski definition) is 3. The van der Waals surface area contributed by atoms with Crippen LogP contribution in [0.15, 0.2) is 83.6 Å². The van der Waals surface area contributed by atoms with Crippen molar-refractivity contribution in [3.8, 4) is 34.0 Å². The van der Waals surface area contributed by atoms with Gasteiger partial charge in [0.2, 0.25) is 6.10 Å². The molecule has 0 fully saturated rings. The number of esters is 1. The van der Waals surface area contributed by atoms with Gasteiger partial charge in [-0.25, -0.2) is 32.3 Å². The number of nitrogens with zero attached hydrogens (tertiary/aromatic N) is 2. The number of aliphatic hydroxyl groups excluding tert-OH is 1. The Morgan fingerprint density at radius 3 is 1.58 bits per heavy atom. The number of aromatic nitrogens is 2. The topological polar surface area (TPSA) is 177 Å². The maximum absolute atomic E-state index is 14.6. The monoisotopic (exact) mass is 862 g/mol. The van der Waals surface area contributed by atoms with E-state index in [2.05, 4.69) is 9.97 Å². The highest BCUT2D eigenvalue weighted by molar-refractivity contribution is 7.10. The van der Waals surface area contributed by atoms with Crippen molar-refractivity contribution < 1.29 is 51.3 Å². The summed E-state index contributed by atoms with van der Waals surface area (Å²) >= 11 is 14.0. The standard InChI is InChI=1S/C20H15ClF2N2O4S.C18H13ClF2N2O3S/c1-2-28-20(27)17(29-14-8-7-12(22)15(16(14)23)18(24)26)19-25-13(9-30-19)10-3-5-11(21)6-4-10;19-10-3-1-9(2-4-10)12-8-27-18(23-12)14(7-24)26-13-6-5-11(20)15(16(13)21)17(22)25/h3-9,17H,2H2,1H3,(H2,24,26);1-6,8,14,24H,7H2,(H2,22,25). The van der Waals surface area contributed by atoms with Crippen LogP contribution in [0.1, 0.15) is 49.9 Å². The Labute approximate surface area is 339 Å². The second-order valence-corrected chi connectivity index (χ2v) is 14.0. The fraction of sp³-hybridized carbons (Fsp3) is 0.132. The van der Waals surface area contributed by atoms with Crippen molar-refractivity contribution in [2.75, 3.05) is 13.2 Å². The molecular weight excluding hydrogens is 835 g/mol. The minimum Gasteiger partial charge on any atom is -0.478 e. The molecule has 0 bridgehead atoms. The molecule has 0 saturated heterocycles. The van der Waals surface area contributed by atoms with Crippen molar-refractivity contribution in [1.29, 1.82) is 0 Å². The minimum atomic E-state index is -1.43. The third-order valence-corrected chi connectivity index (χ3v) is 9.94. The van der Waals surface area contributed by atoms with Crippen molar-refractivity contribution in [2.24, 2.45) is 11.5 Å². The number of halogens is 6. The molecule has 2 amide bonds. The van der Waals surface area contributed by atoms with E-state index in [-0.39, 0.29) is 11.6 Å². The molecule has 0 radical (unpaired) electrons. The summed E-state index contributed by atoms with van der Waals surface area (Å²) in [7, 11) is 0. The Morgan fingerprint density at radius 2 is 1.14 bits per heavy atom. The molecule has 2 unspecified atom stereocenters. The molecule has 57 heavy (non-hydrogen) atoms. The van der Waals surface area contributed by atoms with Crippen LogP contribution in [0.5, 0.6) is 11.5 Å². The number of aliphatic hydroxyl groups is 1. The van der Waals surface area contributed by atoms with E-state index in [4.69, 9.17) is 48.9 Å². The van der Waals surface area contributed by atoms with E-state index in [1.54, 1.807) is 66.2 Å². The third kappa shape index (κ3) is 10.2. The molecule has 0 saturated carbocycles. The number of ether oxygens (including phenoxy) is 3. The van der Waals surface area contributed by atoms with E-state index in [0.717, 1.165) is 46.7 Å². The largest absolute Gasteiger partial charge is 0.478 e. The summed E-state index contributed by atoms with van der Waals surface area (Å²) in [6.45, 7) is 1.14. The maximum atomic E-state index is 14.6. The van der Waals surface area contributed by atoms with Crippen LogP contribution in [-0.4, -0.2) is 46.1 Å². The molecule has 0 aliphatic heterocycles. The second-order valence-electron chi connectivity index (χ2n) is 11.4. The number of benzene rings is 4. The molecule has 6 rings (SSSR count). The van der Waals surface area contributed by atoms with Crippen LogP contribution in [0, 0.1) is 23.3 Å². The summed E-state index contributed by atoms with van der Waals surface area (Å²) in [5.74, 6) is -9.09. The van der Waals surface area contributed by atoms with Crippen molar-refractivity contribution in [1.82, 2.24) is 9.97 Å². The number of rotatable bonds is 13. The summed E-state index contributed by atoms with van der Waals surface area (Å²) in [6, 6.07) is 17.6. The lowest BCUT2D eigenvalue weighted by molar-refractivity contribution is -0.151. The lowest BCUT2D eigenvalue weighted by atomic mass is 10.1. The van der Waals surface area contributed by atoms with Crippen molar-refractivity contribution in [3.63, 3.8) is 0 Å². The maximum Gasteiger partial charge on any atom is 0.354 e. The molecule has 2 heterocycles. The highest BCUT2D eigenvalue weighted by atomic mass is 35.5. The van der Waals surface area contributed by atoms with Crippen LogP contribution >= 0.6 is 45.9 Å². The highest BCUT2D eigenvalue weighted by Gasteiger charge is 2.31. The van der Waals surface area contributed by atoms with Crippen molar-refractivity contribution in [2.45, 2.75) is 19.1 Å². The van der Waals surface area contributed by atoms with Gasteiger partial charge in [0.05, 0.1) is 24.6 Å². The van der Waals surface area contributed by atoms with Crippen molar-refractivity contribution >= 4 is 63.7 Å². The van der Waals surface area contributed by atoms with E-state index in [1.807, 2.05) is 0 Å². The molecule has 2 aromatic heterocycles. The van der Waals surface area contributed by atoms with Gasteiger partial charge in [0.25, 0.3) is 11.8 Å². The number of carbonyl (C=O) groups excluding carboxylic acids is 3. The van der Waals surface area contributed by atoms with Crippen LogP contribution in [0.3, 0.4) is 0 Å². The van der Waals surface area contributed by atoms with Gasteiger partial charge in [0.15, 0.2) is 29.2 Å². The molecule has 0 spiro atoms. The van der Waals surface area contributed by atoms with Crippen LogP contribution in [-0.2, 0) is 9.53 Å². The number of primary amides is 2. The van der Waals surface area contributed by atoms with Gasteiger partial charge in [-0.15, -0.1) is 22.7 Å². The Bertz CT molecular complexity index is 2400. The van der Waals surface area contributed by atoms with Crippen LogP contribution in [0.4, 0.5) is 17.6 Å². The molecule has 5 N–H and O–H groups in total.